The molecule has 0 aliphatic heterocycles. The van der Waals surface area contributed by atoms with Crippen LogP contribution in [-0.4, -0.2) is 4.92 Å². The average Bonchev–Trinajstić information content (AvgIpc) is 2.49. The van der Waals surface area contributed by atoms with Gasteiger partial charge in [0.1, 0.15) is 6.07 Å². The monoisotopic (exact) mass is 298 g/mol. The van der Waals surface area contributed by atoms with Crippen LogP contribution in [-0.2, 0) is 0 Å². The van der Waals surface area contributed by atoms with Crippen molar-refractivity contribution in [2.75, 3.05) is 0 Å². The molecule has 0 aromatic heterocycles. The lowest BCUT2D eigenvalue weighted by atomic mass is 10.0. The molecule has 0 heterocycles. The van der Waals surface area contributed by atoms with Crippen molar-refractivity contribution in [3.8, 4) is 6.07 Å². The van der Waals surface area contributed by atoms with Crippen LogP contribution in [0.15, 0.2) is 48.5 Å². The summed E-state index contributed by atoms with van der Waals surface area (Å²) in [6, 6.07) is 15.7. The molecule has 2 rings (SSSR count). The number of nitro benzene ring substituents is 1. The molecule has 2 aromatic carbocycles. The maximum atomic E-state index is 11.0. The molecular formula is C16H11ClN2O2. The van der Waals surface area contributed by atoms with Crippen molar-refractivity contribution in [3.05, 3.63) is 75.3 Å². The Morgan fingerprint density at radius 3 is 2.43 bits per heavy atom. The number of hydrogen-bond donors (Lipinski definition) is 0. The first-order chi connectivity index (χ1) is 10.0. The molecule has 2 aromatic rings. The average molecular weight is 299 g/mol. The Bertz CT molecular complexity index is 762. The van der Waals surface area contributed by atoms with E-state index in [2.05, 4.69) is 6.07 Å². The maximum Gasteiger partial charge on any atom is 0.272 e. The van der Waals surface area contributed by atoms with Crippen LogP contribution >= 0.6 is 11.6 Å². The quantitative estimate of drug-likeness (QED) is 0.362. The molecule has 4 nitrogen and oxygen atoms in total. The van der Waals surface area contributed by atoms with E-state index in [4.69, 9.17) is 11.6 Å². The summed E-state index contributed by atoms with van der Waals surface area (Å²) in [4.78, 5) is 10.5. The fraction of sp³-hybridized carbons (Fsp3) is 0.0625. The zero-order valence-corrected chi connectivity index (χ0v) is 12.0. The van der Waals surface area contributed by atoms with Crippen molar-refractivity contribution in [2.24, 2.45) is 0 Å². The minimum Gasteiger partial charge on any atom is -0.258 e. The number of rotatable bonds is 3. The zero-order chi connectivity index (χ0) is 15.4. The van der Waals surface area contributed by atoms with E-state index in [1.54, 1.807) is 43.3 Å². The van der Waals surface area contributed by atoms with Gasteiger partial charge in [-0.15, -0.1) is 0 Å². The van der Waals surface area contributed by atoms with E-state index in [0.29, 0.717) is 16.7 Å². The number of benzene rings is 2. The van der Waals surface area contributed by atoms with E-state index >= 15 is 0 Å². The summed E-state index contributed by atoms with van der Waals surface area (Å²) in [7, 11) is 0. The lowest BCUT2D eigenvalue weighted by Gasteiger charge is -2.05. The lowest BCUT2D eigenvalue weighted by molar-refractivity contribution is -0.385. The first-order valence-corrected chi connectivity index (χ1v) is 6.53. The fourth-order valence-electron chi connectivity index (χ4n) is 1.93. The van der Waals surface area contributed by atoms with Gasteiger partial charge in [-0.05, 0) is 12.5 Å². The van der Waals surface area contributed by atoms with Gasteiger partial charge >= 0.3 is 0 Å². The molecule has 21 heavy (non-hydrogen) atoms. The summed E-state index contributed by atoms with van der Waals surface area (Å²) in [5, 5.41) is 20.5. The lowest BCUT2D eigenvalue weighted by Crippen LogP contribution is -1.93. The smallest absolute Gasteiger partial charge is 0.258 e. The Balaban J connectivity index is 2.59. The standard InChI is InChI=1S/C16H11ClN2O2/c1-11-7-8-13(9-15(11)19(20)21)16(17)14(10-18)12-5-3-2-4-6-12/h2-9H,1H3. The maximum absolute atomic E-state index is 11.0. The minimum absolute atomic E-state index is 0.0176. The van der Waals surface area contributed by atoms with Crippen LogP contribution in [0.3, 0.4) is 0 Å². The van der Waals surface area contributed by atoms with Gasteiger partial charge in [0, 0.05) is 17.2 Å². The van der Waals surface area contributed by atoms with Crippen molar-refractivity contribution in [3.63, 3.8) is 0 Å². The Labute approximate surface area is 127 Å². The Kier molecular flexibility index (Phi) is 4.36. The van der Waals surface area contributed by atoms with Crippen LogP contribution in [0.25, 0.3) is 10.6 Å². The Morgan fingerprint density at radius 2 is 1.86 bits per heavy atom. The van der Waals surface area contributed by atoms with Gasteiger partial charge in [0.05, 0.1) is 15.5 Å². The minimum atomic E-state index is -0.461. The van der Waals surface area contributed by atoms with Crippen molar-refractivity contribution in [1.82, 2.24) is 0 Å². The predicted molar refractivity (Wildman–Crippen MR) is 82.6 cm³/mol. The molecule has 0 radical (unpaired) electrons. The highest BCUT2D eigenvalue weighted by atomic mass is 35.5. The number of allylic oxidation sites excluding steroid dienone is 1. The molecule has 0 saturated heterocycles. The fourth-order valence-corrected chi connectivity index (χ4v) is 2.20. The highest BCUT2D eigenvalue weighted by Crippen LogP contribution is 2.32. The Hall–Kier alpha value is -2.64. The van der Waals surface area contributed by atoms with Crippen LogP contribution in [0.4, 0.5) is 5.69 Å². The second-order valence-electron chi connectivity index (χ2n) is 4.43. The van der Waals surface area contributed by atoms with E-state index in [0.717, 1.165) is 0 Å². The summed E-state index contributed by atoms with van der Waals surface area (Å²) in [5.74, 6) is 0. The first-order valence-electron chi connectivity index (χ1n) is 6.15. The molecule has 0 bridgehead atoms. The van der Waals surface area contributed by atoms with E-state index in [-0.39, 0.29) is 16.3 Å². The molecule has 0 fully saturated rings. The van der Waals surface area contributed by atoms with Crippen LogP contribution in [0.5, 0.6) is 0 Å². The summed E-state index contributed by atoms with van der Waals surface area (Å²) in [5.41, 5.74) is 1.94. The molecule has 0 N–H and O–H groups in total. The van der Waals surface area contributed by atoms with Crippen LogP contribution in [0.1, 0.15) is 16.7 Å². The van der Waals surface area contributed by atoms with Crippen LogP contribution < -0.4 is 0 Å². The third-order valence-electron chi connectivity index (χ3n) is 3.05. The highest BCUT2D eigenvalue weighted by Gasteiger charge is 2.15. The topological polar surface area (TPSA) is 66.9 Å². The zero-order valence-electron chi connectivity index (χ0n) is 11.2. The molecule has 0 amide bonds. The summed E-state index contributed by atoms with van der Waals surface area (Å²) in [6.45, 7) is 1.65. The van der Waals surface area contributed by atoms with E-state index in [9.17, 15) is 15.4 Å². The number of halogens is 1. The number of aryl methyl sites for hydroxylation is 1. The molecule has 0 aliphatic carbocycles. The number of hydrogen-bond acceptors (Lipinski definition) is 3. The van der Waals surface area contributed by atoms with Gasteiger partial charge in [-0.3, -0.25) is 10.1 Å². The molecule has 104 valence electrons. The molecule has 0 aliphatic rings. The third kappa shape index (κ3) is 3.10. The summed E-state index contributed by atoms with van der Waals surface area (Å²) in [6.07, 6.45) is 0. The van der Waals surface area contributed by atoms with Gasteiger partial charge in [0.2, 0.25) is 0 Å². The van der Waals surface area contributed by atoms with Crippen LogP contribution in [0.2, 0.25) is 0 Å². The molecule has 0 atom stereocenters. The number of nitrogens with zero attached hydrogens (tertiary/aromatic N) is 2. The van der Waals surface area contributed by atoms with Gasteiger partial charge in [0.15, 0.2) is 0 Å². The molecule has 0 saturated carbocycles. The molecule has 0 unspecified atom stereocenters. The Morgan fingerprint density at radius 1 is 1.19 bits per heavy atom. The third-order valence-corrected chi connectivity index (χ3v) is 3.46. The second kappa shape index (κ2) is 6.21. The van der Waals surface area contributed by atoms with E-state index in [1.807, 2.05) is 6.07 Å². The van der Waals surface area contributed by atoms with Gasteiger partial charge in [-0.1, -0.05) is 54.1 Å². The largest absolute Gasteiger partial charge is 0.272 e. The second-order valence-corrected chi connectivity index (χ2v) is 4.80. The van der Waals surface area contributed by atoms with Gasteiger partial charge < -0.3 is 0 Å². The van der Waals surface area contributed by atoms with E-state index < -0.39 is 4.92 Å². The normalized spacial score (nSPS) is 11.5. The number of nitro groups is 1. The van der Waals surface area contributed by atoms with Gasteiger partial charge in [-0.2, -0.15) is 5.26 Å². The van der Waals surface area contributed by atoms with E-state index in [1.165, 1.54) is 6.07 Å². The van der Waals surface area contributed by atoms with Crippen LogP contribution in [0, 0.1) is 28.4 Å². The summed E-state index contributed by atoms with van der Waals surface area (Å²) < 4.78 is 0. The molecule has 0 spiro atoms. The summed E-state index contributed by atoms with van der Waals surface area (Å²) >= 11 is 6.27. The molecule has 5 heteroatoms. The van der Waals surface area contributed by atoms with Crippen molar-refractivity contribution < 1.29 is 4.92 Å². The number of nitriles is 1. The van der Waals surface area contributed by atoms with Crippen molar-refractivity contribution >= 4 is 27.9 Å². The van der Waals surface area contributed by atoms with Gasteiger partial charge in [-0.25, -0.2) is 0 Å². The van der Waals surface area contributed by atoms with Gasteiger partial charge in [0.25, 0.3) is 5.69 Å². The first kappa shape index (κ1) is 14.8. The van der Waals surface area contributed by atoms with Crippen molar-refractivity contribution in [1.29, 1.82) is 5.26 Å². The van der Waals surface area contributed by atoms with Crippen molar-refractivity contribution in [2.45, 2.75) is 6.92 Å². The SMILES string of the molecule is Cc1ccc(C(Cl)=C(C#N)c2ccccc2)cc1[N+](=O)[O-]. The predicted octanol–water partition coefficient (Wildman–Crippen LogP) is 4.53. The highest BCUT2D eigenvalue weighted by molar-refractivity contribution is 6.53. The molecular weight excluding hydrogens is 288 g/mol.